The van der Waals surface area contributed by atoms with Crippen LogP contribution in [0.4, 0.5) is 0 Å². The number of hydrogen-bond acceptors (Lipinski definition) is 2. The monoisotopic (exact) mass is 195 g/mol. The second-order valence-electron chi connectivity index (χ2n) is 3.68. The third-order valence-corrected chi connectivity index (χ3v) is 2.63. The molecule has 0 saturated carbocycles. The molecule has 0 amide bonds. The zero-order valence-electron chi connectivity index (χ0n) is 9.75. The largest absolute Gasteiger partial charge is 0.302 e. The van der Waals surface area contributed by atoms with Crippen molar-refractivity contribution in [2.75, 3.05) is 19.6 Å². The highest BCUT2D eigenvalue weighted by Gasteiger charge is 2.03. The first-order chi connectivity index (χ1) is 6.67. The first-order valence-electron chi connectivity index (χ1n) is 5.40. The smallest absolute Gasteiger partial charge is 0.0596 e. The van der Waals surface area contributed by atoms with E-state index >= 15 is 0 Å². The predicted molar refractivity (Wildman–Crippen MR) is 59.5 cm³/mol. The van der Waals surface area contributed by atoms with Gasteiger partial charge in [0.15, 0.2) is 0 Å². The third-order valence-electron chi connectivity index (χ3n) is 2.63. The summed E-state index contributed by atoms with van der Waals surface area (Å²) in [6.45, 7) is 12.9. The van der Waals surface area contributed by atoms with Crippen molar-refractivity contribution in [3.63, 3.8) is 0 Å². The molecule has 3 heteroatoms. The minimum absolute atomic E-state index is 1.00. The fourth-order valence-electron chi connectivity index (χ4n) is 1.68. The van der Waals surface area contributed by atoms with Gasteiger partial charge in [-0.3, -0.25) is 4.68 Å². The van der Waals surface area contributed by atoms with Gasteiger partial charge in [0.05, 0.1) is 12.2 Å². The Balaban J connectivity index is 2.48. The average molecular weight is 195 g/mol. The Morgan fingerprint density at radius 3 is 2.36 bits per heavy atom. The van der Waals surface area contributed by atoms with E-state index in [9.17, 15) is 0 Å². The Morgan fingerprint density at radius 1 is 1.29 bits per heavy atom. The molecule has 0 fully saturated rings. The molecule has 0 N–H and O–H groups in total. The van der Waals surface area contributed by atoms with Crippen molar-refractivity contribution in [1.29, 1.82) is 0 Å². The van der Waals surface area contributed by atoms with Crippen molar-refractivity contribution in [3.8, 4) is 0 Å². The lowest BCUT2D eigenvalue weighted by Crippen LogP contribution is -2.27. The van der Waals surface area contributed by atoms with Crippen LogP contribution in [0.5, 0.6) is 0 Å². The van der Waals surface area contributed by atoms with Crippen molar-refractivity contribution in [1.82, 2.24) is 14.7 Å². The highest BCUT2D eigenvalue weighted by Crippen LogP contribution is 2.01. The Labute approximate surface area is 86.7 Å². The SMILES string of the molecule is CCN(CC)CCn1nc(C)cc1C. The lowest BCUT2D eigenvalue weighted by molar-refractivity contribution is 0.284. The van der Waals surface area contributed by atoms with Gasteiger partial charge in [-0.2, -0.15) is 5.10 Å². The van der Waals surface area contributed by atoms with E-state index in [4.69, 9.17) is 0 Å². The molecule has 0 atom stereocenters. The summed E-state index contributed by atoms with van der Waals surface area (Å²) in [4.78, 5) is 2.41. The fourth-order valence-corrected chi connectivity index (χ4v) is 1.68. The van der Waals surface area contributed by atoms with Gasteiger partial charge in [-0.25, -0.2) is 0 Å². The van der Waals surface area contributed by atoms with Crippen molar-refractivity contribution >= 4 is 0 Å². The molecule has 0 aliphatic rings. The van der Waals surface area contributed by atoms with Gasteiger partial charge in [0.25, 0.3) is 0 Å². The van der Waals surface area contributed by atoms with Crippen LogP contribution >= 0.6 is 0 Å². The zero-order chi connectivity index (χ0) is 10.6. The highest BCUT2D eigenvalue weighted by molar-refractivity contribution is 5.06. The summed E-state index contributed by atoms with van der Waals surface area (Å²) in [5, 5.41) is 4.44. The van der Waals surface area contributed by atoms with Gasteiger partial charge in [0, 0.05) is 12.2 Å². The topological polar surface area (TPSA) is 21.1 Å². The van der Waals surface area contributed by atoms with Crippen molar-refractivity contribution in [2.45, 2.75) is 34.2 Å². The van der Waals surface area contributed by atoms with Gasteiger partial charge in [-0.1, -0.05) is 13.8 Å². The van der Waals surface area contributed by atoms with Crippen LogP contribution in [0.3, 0.4) is 0 Å². The summed E-state index contributed by atoms with van der Waals surface area (Å²) in [6, 6.07) is 2.13. The Kier molecular flexibility index (Phi) is 4.14. The fraction of sp³-hybridized carbons (Fsp3) is 0.727. The molecule has 1 heterocycles. The lowest BCUT2D eigenvalue weighted by Gasteiger charge is -2.18. The third kappa shape index (κ3) is 2.84. The molecule has 1 rings (SSSR count). The van der Waals surface area contributed by atoms with Crippen LogP contribution in [0.1, 0.15) is 25.2 Å². The molecule has 0 unspecified atom stereocenters. The number of rotatable bonds is 5. The Bertz CT molecular complexity index is 274. The number of likely N-dealkylation sites (N-methyl/N-ethyl adjacent to an activating group) is 1. The molecule has 0 radical (unpaired) electrons. The summed E-state index contributed by atoms with van der Waals surface area (Å²) >= 11 is 0. The molecule has 0 aliphatic carbocycles. The van der Waals surface area contributed by atoms with Crippen LogP contribution in [0.25, 0.3) is 0 Å². The first-order valence-corrected chi connectivity index (χ1v) is 5.40. The maximum atomic E-state index is 4.44. The second-order valence-corrected chi connectivity index (χ2v) is 3.68. The maximum absolute atomic E-state index is 4.44. The standard InChI is InChI=1S/C11H21N3/c1-5-13(6-2)7-8-14-11(4)9-10(3)12-14/h9H,5-8H2,1-4H3. The van der Waals surface area contributed by atoms with E-state index in [-0.39, 0.29) is 0 Å². The lowest BCUT2D eigenvalue weighted by atomic mass is 10.4. The summed E-state index contributed by atoms with van der Waals surface area (Å²) in [6.07, 6.45) is 0. The van der Waals surface area contributed by atoms with E-state index in [1.165, 1.54) is 5.69 Å². The number of hydrogen-bond donors (Lipinski definition) is 0. The van der Waals surface area contributed by atoms with Crippen LogP contribution in [-0.2, 0) is 6.54 Å². The zero-order valence-corrected chi connectivity index (χ0v) is 9.75. The highest BCUT2D eigenvalue weighted by atomic mass is 15.3. The van der Waals surface area contributed by atoms with Gasteiger partial charge in [0.2, 0.25) is 0 Å². The normalized spacial score (nSPS) is 11.2. The molecule has 0 spiro atoms. The number of aromatic nitrogens is 2. The van der Waals surface area contributed by atoms with Crippen LogP contribution in [0.2, 0.25) is 0 Å². The van der Waals surface area contributed by atoms with E-state index in [0.717, 1.165) is 31.9 Å². The predicted octanol–water partition coefficient (Wildman–Crippen LogP) is 1.84. The van der Waals surface area contributed by atoms with Crippen LogP contribution in [-0.4, -0.2) is 34.3 Å². The summed E-state index contributed by atoms with van der Waals surface area (Å²) < 4.78 is 2.09. The molecule has 3 nitrogen and oxygen atoms in total. The molecule has 14 heavy (non-hydrogen) atoms. The van der Waals surface area contributed by atoms with Crippen LogP contribution in [0.15, 0.2) is 6.07 Å². The molecule has 0 bridgehead atoms. The summed E-state index contributed by atoms with van der Waals surface area (Å²) in [5.74, 6) is 0. The second kappa shape index (κ2) is 5.15. The molecule has 0 aliphatic heterocycles. The van der Waals surface area contributed by atoms with E-state index in [2.05, 4.69) is 41.5 Å². The number of aryl methyl sites for hydroxylation is 2. The number of nitrogens with zero attached hydrogens (tertiary/aromatic N) is 3. The van der Waals surface area contributed by atoms with Crippen LogP contribution < -0.4 is 0 Å². The van der Waals surface area contributed by atoms with Crippen molar-refractivity contribution < 1.29 is 0 Å². The molecular weight excluding hydrogens is 174 g/mol. The van der Waals surface area contributed by atoms with Gasteiger partial charge in [-0.05, 0) is 33.0 Å². The Hall–Kier alpha value is -0.830. The summed E-state index contributed by atoms with van der Waals surface area (Å²) in [5.41, 5.74) is 2.37. The van der Waals surface area contributed by atoms with E-state index in [1.54, 1.807) is 0 Å². The summed E-state index contributed by atoms with van der Waals surface area (Å²) in [7, 11) is 0. The average Bonchev–Trinajstić information content (AvgIpc) is 2.47. The molecule has 1 aromatic rings. The van der Waals surface area contributed by atoms with Crippen LogP contribution in [0, 0.1) is 13.8 Å². The molecule has 0 saturated heterocycles. The van der Waals surface area contributed by atoms with E-state index in [1.807, 2.05) is 6.92 Å². The van der Waals surface area contributed by atoms with Gasteiger partial charge in [0.1, 0.15) is 0 Å². The van der Waals surface area contributed by atoms with Gasteiger partial charge < -0.3 is 4.90 Å². The molecule has 80 valence electrons. The minimum atomic E-state index is 1.00. The first kappa shape index (κ1) is 11.2. The molecule has 1 aromatic heterocycles. The molecule has 0 aromatic carbocycles. The minimum Gasteiger partial charge on any atom is -0.302 e. The van der Waals surface area contributed by atoms with E-state index < -0.39 is 0 Å². The van der Waals surface area contributed by atoms with Gasteiger partial charge >= 0.3 is 0 Å². The van der Waals surface area contributed by atoms with Gasteiger partial charge in [-0.15, -0.1) is 0 Å². The molecular formula is C11H21N3. The quantitative estimate of drug-likeness (QED) is 0.715. The van der Waals surface area contributed by atoms with E-state index in [0.29, 0.717) is 0 Å². The Morgan fingerprint density at radius 2 is 1.93 bits per heavy atom. The van der Waals surface area contributed by atoms with Crippen molar-refractivity contribution in [2.24, 2.45) is 0 Å². The maximum Gasteiger partial charge on any atom is 0.0596 e. The van der Waals surface area contributed by atoms with Crippen molar-refractivity contribution in [3.05, 3.63) is 17.5 Å².